The highest BCUT2D eigenvalue weighted by Crippen LogP contribution is 2.22. The maximum Gasteiger partial charge on any atom is 0.335 e. The lowest BCUT2D eigenvalue weighted by molar-refractivity contribution is -0.168. The van der Waals surface area contributed by atoms with Crippen molar-refractivity contribution in [2.75, 3.05) is 0 Å². The molecule has 0 bridgehead atoms. The Morgan fingerprint density at radius 2 is 1.50 bits per heavy atom. The predicted molar refractivity (Wildman–Crippen MR) is 91.0 cm³/mol. The van der Waals surface area contributed by atoms with E-state index in [0.717, 1.165) is 0 Å². The number of amides is 3. The van der Waals surface area contributed by atoms with E-state index in [1.165, 1.54) is 12.1 Å². The number of hydroxylamine groups is 2. The Hall–Kier alpha value is -3.48. The van der Waals surface area contributed by atoms with Crippen LogP contribution in [0.3, 0.4) is 0 Å². The first-order valence-corrected chi connectivity index (χ1v) is 8.02. The lowest BCUT2D eigenvalue weighted by atomic mass is 10.1. The van der Waals surface area contributed by atoms with Crippen LogP contribution >= 0.6 is 0 Å². The molecule has 26 heavy (non-hydrogen) atoms. The fraction of sp³-hybridized carbons (Fsp3) is 0.158. The molecule has 0 aromatic heterocycles. The highest BCUT2D eigenvalue weighted by Gasteiger charge is 2.38. The van der Waals surface area contributed by atoms with Crippen molar-refractivity contribution in [3.8, 4) is 0 Å². The monoisotopic (exact) mass is 352 g/mol. The van der Waals surface area contributed by atoms with Crippen LogP contribution in [-0.4, -0.2) is 34.8 Å². The van der Waals surface area contributed by atoms with Crippen LogP contribution in [0, 0.1) is 0 Å². The minimum atomic E-state index is -0.791. The van der Waals surface area contributed by atoms with Crippen LogP contribution in [0.5, 0.6) is 0 Å². The Kier molecular flexibility index (Phi) is 4.79. The van der Waals surface area contributed by atoms with Crippen LogP contribution in [-0.2, 0) is 9.63 Å². The minimum Gasteiger partial charge on any atom is -0.349 e. The van der Waals surface area contributed by atoms with E-state index in [2.05, 4.69) is 5.32 Å². The van der Waals surface area contributed by atoms with Crippen molar-refractivity contribution < 1.29 is 24.0 Å². The largest absolute Gasteiger partial charge is 0.349 e. The number of benzene rings is 2. The summed E-state index contributed by atoms with van der Waals surface area (Å²) in [5, 5.41) is 3.12. The molecule has 7 heteroatoms. The maximum absolute atomic E-state index is 12.1. The SMILES string of the molecule is CC(CC(=O)ON1C(=O)c2ccccc2C1=O)NC(=O)c1ccccc1. The third kappa shape index (κ3) is 3.46. The van der Waals surface area contributed by atoms with Crippen molar-refractivity contribution in [2.45, 2.75) is 19.4 Å². The van der Waals surface area contributed by atoms with Gasteiger partial charge in [0.05, 0.1) is 17.5 Å². The lowest BCUT2D eigenvalue weighted by Crippen LogP contribution is -2.38. The summed E-state index contributed by atoms with van der Waals surface area (Å²) >= 11 is 0. The van der Waals surface area contributed by atoms with Gasteiger partial charge in [-0.25, -0.2) is 4.79 Å². The second-order valence-electron chi connectivity index (χ2n) is 5.86. The number of rotatable bonds is 5. The molecule has 0 spiro atoms. The van der Waals surface area contributed by atoms with Gasteiger partial charge in [-0.15, -0.1) is 0 Å². The smallest absolute Gasteiger partial charge is 0.335 e. The van der Waals surface area contributed by atoms with Crippen LogP contribution in [0.1, 0.15) is 44.4 Å². The molecule has 0 aliphatic carbocycles. The number of hydrogen-bond donors (Lipinski definition) is 1. The lowest BCUT2D eigenvalue weighted by Gasteiger charge is -2.16. The molecule has 2 aromatic carbocycles. The van der Waals surface area contributed by atoms with E-state index in [1.807, 2.05) is 0 Å². The molecule has 0 radical (unpaired) electrons. The molecule has 3 amide bonds. The topological polar surface area (TPSA) is 92.8 Å². The Morgan fingerprint density at radius 3 is 2.08 bits per heavy atom. The van der Waals surface area contributed by atoms with E-state index >= 15 is 0 Å². The second kappa shape index (κ2) is 7.18. The zero-order chi connectivity index (χ0) is 18.7. The number of nitrogens with zero attached hydrogens (tertiary/aromatic N) is 1. The molecule has 1 N–H and O–H groups in total. The second-order valence-corrected chi connectivity index (χ2v) is 5.86. The summed E-state index contributed by atoms with van der Waals surface area (Å²) in [4.78, 5) is 53.3. The summed E-state index contributed by atoms with van der Waals surface area (Å²) in [6, 6.07) is 14.3. The third-order valence-corrected chi connectivity index (χ3v) is 3.84. The molecule has 1 aliphatic heterocycles. The van der Waals surface area contributed by atoms with Gasteiger partial charge in [-0.05, 0) is 31.2 Å². The molecule has 1 heterocycles. The highest BCUT2D eigenvalue weighted by atomic mass is 16.7. The summed E-state index contributed by atoms with van der Waals surface area (Å²) in [7, 11) is 0. The summed E-state index contributed by atoms with van der Waals surface area (Å²) in [6.45, 7) is 1.63. The number of carbonyl (C=O) groups is 4. The first-order chi connectivity index (χ1) is 12.5. The van der Waals surface area contributed by atoms with Gasteiger partial charge in [-0.1, -0.05) is 35.4 Å². The molecular weight excluding hydrogens is 336 g/mol. The molecule has 0 fully saturated rings. The van der Waals surface area contributed by atoms with E-state index < -0.39 is 23.8 Å². The van der Waals surface area contributed by atoms with Gasteiger partial charge in [-0.2, -0.15) is 0 Å². The average molecular weight is 352 g/mol. The van der Waals surface area contributed by atoms with E-state index in [4.69, 9.17) is 4.84 Å². The molecule has 2 aromatic rings. The molecule has 0 saturated carbocycles. The van der Waals surface area contributed by atoms with Gasteiger partial charge in [-0.3, -0.25) is 14.4 Å². The van der Waals surface area contributed by atoms with Crippen LogP contribution < -0.4 is 5.32 Å². The van der Waals surface area contributed by atoms with E-state index in [9.17, 15) is 19.2 Å². The average Bonchev–Trinajstić information content (AvgIpc) is 2.87. The van der Waals surface area contributed by atoms with Crippen molar-refractivity contribution in [1.82, 2.24) is 10.4 Å². The third-order valence-electron chi connectivity index (χ3n) is 3.84. The summed E-state index contributed by atoms with van der Waals surface area (Å²) in [6.07, 6.45) is -0.189. The summed E-state index contributed by atoms with van der Waals surface area (Å²) in [5.74, 6) is -2.48. The van der Waals surface area contributed by atoms with Gasteiger partial charge in [0.15, 0.2) is 0 Å². The van der Waals surface area contributed by atoms with Gasteiger partial charge in [0, 0.05) is 11.6 Å². The van der Waals surface area contributed by atoms with Crippen molar-refractivity contribution in [1.29, 1.82) is 0 Å². The Balaban J connectivity index is 1.57. The molecule has 1 atom stereocenters. The van der Waals surface area contributed by atoms with Crippen molar-refractivity contribution in [2.24, 2.45) is 0 Å². The van der Waals surface area contributed by atoms with Crippen molar-refractivity contribution in [3.05, 3.63) is 71.3 Å². The Morgan fingerprint density at radius 1 is 0.962 bits per heavy atom. The fourth-order valence-corrected chi connectivity index (χ4v) is 2.59. The normalized spacial score (nSPS) is 14.0. The standard InChI is InChI=1S/C19H16N2O5/c1-12(20-17(23)13-7-3-2-4-8-13)11-16(22)26-21-18(24)14-9-5-6-10-15(14)19(21)25/h2-10,12H,11H2,1H3,(H,20,23). The predicted octanol–water partition coefficient (Wildman–Crippen LogP) is 1.95. The van der Waals surface area contributed by atoms with Crippen LogP contribution in [0.25, 0.3) is 0 Å². The maximum atomic E-state index is 12.1. The molecule has 7 nitrogen and oxygen atoms in total. The van der Waals surface area contributed by atoms with E-state index in [-0.39, 0.29) is 23.5 Å². The number of carbonyl (C=O) groups excluding carboxylic acids is 4. The molecule has 3 rings (SSSR count). The quantitative estimate of drug-likeness (QED) is 0.830. The molecule has 1 unspecified atom stereocenters. The van der Waals surface area contributed by atoms with Crippen molar-refractivity contribution >= 4 is 23.7 Å². The minimum absolute atomic E-state index is 0.189. The van der Waals surface area contributed by atoms with Gasteiger partial charge < -0.3 is 10.2 Å². The first kappa shape index (κ1) is 17.3. The van der Waals surface area contributed by atoms with Gasteiger partial charge in [0.2, 0.25) is 0 Å². The summed E-state index contributed by atoms with van der Waals surface area (Å²) < 4.78 is 0. The molecular formula is C19H16N2O5. The zero-order valence-corrected chi connectivity index (χ0v) is 14.0. The number of imide groups is 1. The molecule has 1 aliphatic rings. The van der Waals surface area contributed by atoms with Crippen LogP contribution in [0.4, 0.5) is 0 Å². The van der Waals surface area contributed by atoms with E-state index in [0.29, 0.717) is 10.6 Å². The number of hydrogen-bond acceptors (Lipinski definition) is 5. The highest BCUT2D eigenvalue weighted by molar-refractivity contribution is 6.20. The van der Waals surface area contributed by atoms with Gasteiger partial charge in [0.1, 0.15) is 0 Å². The van der Waals surface area contributed by atoms with Crippen molar-refractivity contribution in [3.63, 3.8) is 0 Å². The van der Waals surface area contributed by atoms with Gasteiger partial charge in [0.25, 0.3) is 17.7 Å². The molecule has 132 valence electrons. The van der Waals surface area contributed by atoms with E-state index in [1.54, 1.807) is 49.4 Å². The first-order valence-electron chi connectivity index (χ1n) is 8.02. The Bertz CT molecular complexity index is 844. The molecule has 0 saturated heterocycles. The fourth-order valence-electron chi connectivity index (χ4n) is 2.59. The summed E-state index contributed by atoms with van der Waals surface area (Å²) in [5.41, 5.74) is 0.847. The zero-order valence-electron chi connectivity index (χ0n) is 14.0. The Labute approximate surface area is 149 Å². The van der Waals surface area contributed by atoms with Crippen LogP contribution in [0.2, 0.25) is 0 Å². The number of nitrogens with one attached hydrogen (secondary N) is 1. The van der Waals surface area contributed by atoms with Crippen LogP contribution in [0.15, 0.2) is 54.6 Å². The van der Waals surface area contributed by atoms with Gasteiger partial charge >= 0.3 is 5.97 Å². The number of fused-ring (bicyclic) bond motifs is 1.